The van der Waals surface area contributed by atoms with Crippen molar-refractivity contribution in [2.45, 2.75) is 13.0 Å². The number of amides is 2. The number of methoxy groups -OCH3 is 1. The third kappa shape index (κ3) is 4.16. The van der Waals surface area contributed by atoms with Gasteiger partial charge in [-0.25, -0.2) is 0 Å². The monoisotopic (exact) mass is 294 g/mol. The van der Waals surface area contributed by atoms with E-state index in [0.29, 0.717) is 19.5 Å². The van der Waals surface area contributed by atoms with E-state index in [4.69, 9.17) is 4.74 Å². The molecule has 1 aliphatic heterocycles. The standard InChI is InChI=1S/C14H18N2O3S/c1-19-12-4-2-11(3-5-12)10-15-13(17)6-7-16-8-9-20-14(16)18/h2-5H,6-10H2,1H3,(H,15,17). The van der Waals surface area contributed by atoms with Crippen LogP contribution in [0.1, 0.15) is 12.0 Å². The van der Waals surface area contributed by atoms with Gasteiger partial charge in [-0.2, -0.15) is 0 Å². The van der Waals surface area contributed by atoms with E-state index < -0.39 is 0 Å². The zero-order chi connectivity index (χ0) is 14.4. The van der Waals surface area contributed by atoms with Crippen molar-refractivity contribution in [3.63, 3.8) is 0 Å². The quantitative estimate of drug-likeness (QED) is 0.870. The molecule has 20 heavy (non-hydrogen) atoms. The van der Waals surface area contributed by atoms with E-state index >= 15 is 0 Å². The number of ether oxygens (including phenoxy) is 1. The highest BCUT2D eigenvalue weighted by molar-refractivity contribution is 8.13. The van der Waals surface area contributed by atoms with E-state index in [2.05, 4.69) is 5.32 Å². The summed E-state index contributed by atoms with van der Waals surface area (Å²) in [4.78, 5) is 24.8. The van der Waals surface area contributed by atoms with Gasteiger partial charge in [0, 0.05) is 31.8 Å². The van der Waals surface area contributed by atoms with Crippen LogP contribution in [0.4, 0.5) is 4.79 Å². The average molecular weight is 294 g/mol. The summed E-state index contributed by atoms with van der Waals surface area (Å²) < 4.78 is 5.07. The molecule has 2 amide bonds. The van der Waals surface area contributed by atoms with Crippen molar-refractivity contribution in [3.05, 3.63) is 29.8 Å². The van der Waals surface area contributed by atoms with Gasteiger partial charge in [0.05, 0.1) is 7.11 Å². The second-order valence-corrected chi connectivity index (χ2v) is 5.52. The summed E-state index contributed by atoms with van der Waals surface area (Å²) in [5.41, 5.74) is 1.02. The third-order valence-electron chi connectivity index (χ3n) is 3.10. The molecular weight excluding hydrogens is 276 g/mol. The minimum Gasteiger partial charge on any atom is -0.497 e. The molecule has 0 spiro atoms. The Kier molecular flexibility index (Phi) is 5.29. The van der Waals surface area contributed by atoms with E-state index in [1.54, 1.807) is 12.0 Å². The fourth-order valence-electron chi connectivity index (χ4n) is 1.90. The number of benzene rings is 1. The number of thioether (sulfide) groups is 1. The second kappa shape index (κ2) is 7.19. The van der Waals surface area contributed by atoms with Crippen LogP contribution in [0.15, 0.2) is 24.3 Å². The summed E-state index contributed by atoms with van der Waals surface area (Å²) in [6.07, 6.45) is 0.350. The highest BCUT2D eigenvalue weighted by atomic mass is 32.2. The number of hydrogen-bond donors (Lipinski definition) is 1. The zero-order valence-corrected chi connectivity index (χ0v) is 12.2. The number of rotatable bonds is 6. The lowest BCUT2D eigenvalue weighted by molar-refractivity contribution is -0.121. The Bertz CT molecular complexity index is 476. The lowest BCUT2D eigenvalue weighted by Gasteiger charge is -2.14. The predicted octanol–water partition coefficient (Wildman–Crippen LogP) is 1.87. The number of nitrogens with one attached hydrogen (secondary N) is 1. The Hall–Kier alpha value is -1.69. The van der Waals surface area contributed by atoms with Crippen molar-refractivity contribution < 1.29 is 14.3 Å². The molecule has 0 unspecified atom stereocenters. The first kappa shape index (κ1) is 14.7. The van der Waals surface area contributed by atoms with Crippen molar-refractivity contribution in [2.75, 3.05) is 26.0 Å². The first-order chi connectivity index (χ1) is 9.69. The predicted molar refractivity (Wildman–Crippen MR) is 78.9 cm³/mol. The van der Waals surface area contributed by atoms with Gasteiger partial charge in [0.15, 0.2) is 0 Å². The molecule has 1 N–H and O–H groups in total. The van der Waals surface area contributed by atoms with E-state index in [0.717, 1.165) is 23.6 Å². The first-order valence-corrected chi connectivity index (χ1v) is 7.49. The summed E-state index contributed by atoms with van der Waals surface area (Å²) in [6.45, 7) is 1.74. The van der Waals surface area contributed by atoms with Crippen molar-refractivity contribution >= 4 is 22.9 Å². The summed E-state index contributed by atoms with van der Waals surface area (Å²) in [7, 11) is 1.62. The van der Waals surface area contributed by atoms with Gasteiger partial charge in [-0.3, -0.25) is 9.59 Å². The van der Waals surface area contributed by atoms with Gasteiger partial charge in [0.2, 0.25) is 5.91 Å². The van der Waals surface area contributed by atoms with Gasteiger partial charge >= 0.3 is 0 Å². The lowest BCUT2D eigenvalue weighted by Crippen LogP contribution is -2.30. The van der Waals surface area contributed by atoms with Crippen LogP contribution in [-0.2, 0) is 11.3 Å². The Balaban J connectivity index is 1.70. The highest BCUT2D eigenvalue weighted by Gasteiger charge is 2.21. The van der Waals surface area contributed by atoms with Gasteiger partial charge in [-0.1, -0.05) is 23.9 Å². The molecule has 5 nitrogen and oxygen atoms in total. The average Bonchev–Trinajstić information content (AvgIpc) is 2.89. The Morgan fingerprint density at radius 3 is 2.75 bits per heavy atom. The van der Waals surface area contributed by atoms with Crippen molar-refractivity contribution in [1.82, 2.24) is 10.2 Å². The van der Waals surface area contributed by atoms with Crippen LogP contribution < -0.4 is 10.1 Å². The van der Waals surface area contributed by atoms with Crippen molar-refractivity contribution in [3.8, 4) is 5.75 Å². The van der Waals surface area contributed by atoms with E-state index in [1.807, 2.05) is 24.3 Å². The molecule has 2 rings (SSSR count). The third-order valence-corrected chi connectivity index (χ3v) is 3.99. The summed E-state index contributed by atoms with van der Waals surface area (Å²) in [5.74, 6) is 1.59. The van der Waals surface area contributed by atoms with Crippen LogP contribution in [0.25, 0.3) is 0 Å². The molecule has 1 fully saturated rings. The first-order valence-electron chi connectivity index (χ1n) is 6.50. The van der Waals surface area contributed by atoms with Gasteiger partial charge < -0.3 is 15.0 Å². The molecule has 6 heteroatoms. The van der Waals surface area contributed by atoms with Crippen LogP contribution in [0.5, 0.6) is 5.75 Å². The molecule has 1 aromatic carbocycles. The summed E-state index contributed by atoms with van der Waals surface area (Å²) >= 11 is 1.31. The lowest BCUT2D eigenvalue weighted by atomic mass is 10.2. The summed E-state index contributed by atoms with van der Waals surface area (Å²) in [5, 5.41) is 2.93. The molecule has 0 atom stereocenters. The Labute approximate surface area is 122 Å². The molecule has 0 bridgehead atoms. The van der Waals surface area contributed by atoms with E-state index in [9.17, 15) is 9.59 Å². The van der Waals surface area contributed by atoms with E-state index in [-0.39, 0.29) is 11.1 Å². The van der Waals surface area contributed by atoms with Gasteiger partial charge in [-0.15, -0.1) is 0 Å². The van der Waals surface area contributed by atoms with Gasteiger partial charge in [-0.05, 0) is 17.7 Å². The maximum absolute atomic E-state index is 11.7. The van der Waals surface area contributed by atoms with E-state index in [1.165, 1.54) is 11.8 Å². The minimum absolute atomic E-state index is 0.0366. The molecule has 0 saturated carbocycles. The molecule has 1 saturated heterocycles. The normalized spacial score (nSPS) is 14.4. The van der Waals surface area contributed by atoms with Gasteiger partial charge in [0.25, 0.3) is 5.24 Å². The van der Waals surface area contributed by atoms with Crippen LogP contribution in [-0.4, -0.2) is 42.0 Å². The number of carbonyl (C=O) groups is 2. The number of hydrogen-bond acceptors (Lipinski definition) is 4. The smallest absolute Gasteiger partial charge is 0.281 e. The second-order valence-electron chi connectivity index (χ2n) is 4.48. The zero-order valence-electron chi connectivity index (χ0n) is 11.4. The minimum atomic E-state index is -0.0366. The molecule has 108 valence electrons. The molecule has 0 aromatic heterocycles. The Morgan fingerprint density at radius 1 is 1.40 bits per heavy atom. The Morgan fingerprint density at radius 2 is 2.15 bits per heavy atom. The highest BCUT2D eigenvalue weighted by Crippen LogP contribution is 2.17. The number of nitrogens with zero attached hydrogens (tertiary/aromatic N) is 1. The van der Waals surface area contributed by atoms with Crippen LogP contribution in [0.3, 0.4) is 0 Å². The fraction of sp³-hybridized carbons (Fsp3) is 0.429. The summed E-state index contributed by atoms with van der Waals surface area (Å²) in [6, 6.07) is 7.56. The fourth-order valence-corrected chi connectivity index (χ4v) is 2.75. The molecule has 0 aliphatic carbocycles. The largest absolute Gasteiger partial charge is 0.497 e. The maximum Gasteiger partial charge on any atom is 0.281 e. The molecule has 1 aromatic rings. The van der Waals surface area contributed by atoms with Crippen LogP contribution in [0, 0.1) is 0 Å². The van der Waals surface area contributed by atoms with Crippen molar-refractivity contribution in [2.24, 2.45) is 0 Å². The molecule has 1 heterocycles. The van der Waals surface area contributed by atoms with Crippen molar-refractivity contribution in [1.29, 1.82) is 0 Å². The molecular formula is C14H18N2O3S. The molecule has 0 radical (unpaired) electrons. The SMILES string of the molecule is COc1ccc(CNC(=O)CCN2CCSC2=O)cc1. The van der Waals surface area contributed by atoms with Gasteiger partial charge in [0.1, 0.15) is 5.75 Å². The van der Waals surface area contributed by atoms with Crippen LogP contribution >= 0.6 is 11.8 Å². The topological polar surface area (TPSA) is 58.6 Å². The molecule has 1 aliphatic rings. The number of carbonyl (C=O) groups excluding carboxylic acids is 2. The maximum atomic E-state index is 11.7. The van der Waals surface area contributed by atoms with Crippen LogP contribution in [0.2, 0.25) is 0 Å².